The molecule has 3 N–H and O–H groups in total. The third-order valence-corrected chi connectivity index (χ3v) is 3.97. The fourth-order valence-electron chi connectivity index (χ4n) is 1.50. The predicted octanol–water partition coefficient (Wildman–Crippen LogP) is 1.70. The summed E-state index contributed by atoms with van der Waals surface area (Å²) >= 11 is 4.53. The average molecular weight is 382 g/mol. The van der Waals surface area contributed by atoms with Crippen LogP contribution in [0.5, 0.6) is 0 Å². The summed E-state index contributed by atoms with van der Waals surface area (Å²) in [5.74, 6) is -1.29. The van der Waals surface area contributed by atoms with Gasteiger partial charge in [0.05, 0.1) is 11.4 Å². The summed E-state index contributed by atoms with van der Waals surface area (Å²) < 4.78 is 0.859. The van der Waals surface area contributed by atoms with Gasteiger partial charge in [0.15, 0.2) is 0 Å². The molecule has 0 aliphatic carbocycles. The molecule has 2 aromatic rings. The second kappa shape index (κ2) is 7.71. The maximum atomic E-state index is 11.8. The van der Waals surface area contributed by atoms with Gasteiger partial charge in [-0.1, -0.05) is 22.0 Å². The van der Waals surface area contributed by atoms with Crippen molar-refractivity contribution in [3.8, 4) is 0 Å². The van der Waals surface area contributed by atoms with Crippen LogP contribution in [0.25, 0.3) is 0 Å². The molecule has 2 rings (SSSR count). The third kappa shape index (κ3) is 4.68. The molecule has 6 nitrogen and oxygen atoms in total. The van der Waals surface area contributed by atoms with E-state index in [1.165, 1.54) is 11.3 Å². The van der Waals surface area contributed by atoms with Gasteiger partial charge in [-0.2, -0.15) is 0 Å². The summed E-state index contributed by atoms with van der Waals surface area (Å²) in [6.45, 7) is -0.236. The molecule has 114 valence electrons. The summed E-state index contributed by atoms with van der Waals surface area (Å²) in [6.07, 6.45) is 0. The standard InChI is InChI=1S/C14H12BrN3O3S/c15-10-5-3-9(4-6-10)13(20)16-8-12(19)17-18-14(21)11-2-1-7-22-11/h1-7H,8H2,(H,16,20)(H,17,19)(H,18,21). The van der Waals surface area contributed by atoms with Gasteiger partial charge < -0.3 is 5.32 Å². The first-order valence-corrected chi connectivity index (χ1v) is 7.90. The summed E-state index contributed by atoms with van der Waals surface area (Å²) in [5.41, 5.74) is 4.95. The Balaban J connectivity index is 1.74. The van der Waals surface area contributed by atoms with Gasteiger partial charge in [-0.15, -0.1) is 11.3 Å². The first-order chi connectivity index (χ1) is 10.6. The molecule has 0 unspecified atom stereocenters. The smallest absolute Gasteiger partial charge is 0.279 e. The van der Waals surface area contributed by atoms with Crippen molar-refractivity contribution in [2.24, 2.45) is 0 Å². The Bertz CT molecular complexity index is 671. The lowest BCUT2D eigenvalue weighted by Crippen LogP contribution is -2.46. The zero-order valence-corrected chi connectivity index (χ0v) is 13.7. The Hall–Kier alpha value is -2.19. The topological polar surface area (TPSA) is 87.3 Å². The molecular formula is C14H12BrN3O3S. The van der Waals surface area contributed by atoms with Crippen molar-refractivity contribution in [2.45, 2.75) is 0 Å². The summed E-state index contributed by atoms with van der Waals surface area (Å²) in [7, 11) is 0. The van der Waals surface area contributed by atoms with E-state index in [1.54, 1.807) is 41.8 Å². The summed E-state index contributed by atoms with van der Waals surface area (Å²) in [4.78, 5) is 35.4. The Morgan fingerprint density at radius 3 is 2.36 bits per heavy atom. The SMILES string of the molecule is O=C(CNC(=O)c1ccc(Br)cc1)NNC(=O)c1cccs1. The van der Waals surface area contributed by atoms with Gasteiger partial charge in [0.1, 0.15) is 0 Å². The third-order valence-electron chi connectivity index (χ3n) is 2.58. The van der Waals surface area contributed by atoms with E-state index in [9.17, 15) is 14.4 Å². The molecule has 0 aliphatic rings. The van der Waals surface area contributed by atoms with Crippen molar-refractivity contribution < 1.29 is 14.4 Å². The normalized spacial score (nSPS) is 9.86. The highest BCUT2D eigenvalue weighted by Crippen LogP contribution is 2.10. The fourth-order valence-corrected chi connectivity index (χ4v) is 2.39. The van der Waals surface area contributed by atoms with Gasteiger partial charge in [-0.05, 0) is 35.7 Å². The summed E-state index contributed by atoms with van der Waals surface area (Å²) in [5, 5.41) is 4.22. The summed E-state index contributed by atoms with van der Waals surface area (Å²) in [6, 6.07) is 10.1. The number of hydrogen-bond donors (Lipinski definition) is 3. The lowest BCUT2D eigenvalue weighted by molar-refractivity contribution is -0.120. The minimum absolute atomic E-state index is 0.236. The number of carbonyl (C=O) groups excluding carboxylic acids is 3. The molecular weight excluding hydrogens is 370 g/mol. The van der Waals surface area contributed by atoms with E-state index in [0.29, 0.717) is 10.4 Å². The average Bonchev–Trinajstić information content (AvgIpc) is 3.05. The van der Waals surface area contributed by atoms with E-state index >= 15 is 0 Å². The number of carbonyl (C=O) groups is 3. The molecule has 0 atom stereocenters. The van der Waals surface area contributed by atoms with E-state index < -0.39 is 11.8 Å². The van der Waals surface area contributed by atoms with E-state index in [4.69, 9.17) is 0 Å². The largest absolute Gasteiger partial charge is 0.343 e. The molecule has 22 heavy (non-hydrogen) atoms. The molecule has 0 saturated carbocycles. The highest BCUT2D eigenvalue weighted by molar-refractivity contribution is 9.10. The minimum atomic E-state index is -0.518. The first-order valence-electron chi connectivity index (χ1n) is 6.22. The van der Waals surface area contributed by atoms with Crippen molar-refractivity contribution in [1.82, 2.24) is 16.2 Å². The number of hydrazine groups is 1. The number of benzene rings is 1. The second-order valence-corrected chi connectivity index (χ2v) is 6.03. The zero-order valence-electron chi connectivity index (χ0n) is 11.3. The molecule has 0 bridgehead atoms. The molecule has 0 radical (unpaired) electrons. The van der Waals surface area contributed by atoms with Crippen molar-refractivity contribution >= 4 is 45.0 Å². The number of halogens is 1. The molecule has 3 amide bonds. The molecule has 0 saturated heterocycles. The molecule has 0 fully saturated rings. The van der Waals surface area contributed by atoms with Crippen LogP contribution < -0.4 is 16.2 Å². The van der Waals surface area contributed by atoms with E-state index in [1.807, 2.05) is 0 Å². The number of amides is 3. The van der Waals surface area contributed by atoms with Gasteiger partial charge in [0, 0.05) is 10.0 Å². The quantitative estimate of drug-likeness (QED) is 0.704. The van der Waals surface area contributed by atoms with Crippen molar-refractivity contribution in [3.63, 3.8) is 0 Å². The van der Waals surface area contributed by atoms with Crippen LogP contribution in [0, 0.1) is 0 Å². The monoisotopic (exact) mass is 381 g/mol. The van der Waals surface area contributed by atoms with Crippen LogP contribution >= 0.6 is 27.3 Å². The van der Waals surface area contributed by atoms with E-state index in [-0.39, 0.29) is 12.5 Å². The number of hydrogen-bond acceptors (Lipinski definition) is 4. The maximum absolute atomic E-state index is 11.8. The van der Waals surface area contributed by atoms with Gasteiger partial charge in [0.2, 0.25) is 0 Å². The number of thiophene rings is 1. The maximum Gasteiger partial charge on any atom is 0.279 e. The van der Waals surface area contributed by atoms with Gasteiger partial charge in [-0.3, -0.25) is 25.2 Å². The van der Waals surface area contributed by atoms with E-state index in [2.05, 4.69) is 32.1 Å². The van der Waals surface area contributed by atoms with Gasteiger partial charge in [0.25, 0.3) is 17.7 Å². The lowest BCUT2D eigenvalue weighted by atomic mass is 10.2. The van der Waals surface area contributed by atoms with Crippen LogP contribution in [0.15, 0.2) is 46.3 Å². The second-order valence-electron chi connectivity index (χ2n) is 4.17. The van der Waals surface area contributed by atoms with Crippen molar-refractivity contribution in [2.75, 3.05) is 6.54 Å². The van der Waals surface area contributed by atoms with Gasteiger partial charge in [-0.25, -0.2) is 0 Å². The molecule has 0 spiro atoms. The fraction of sp³-hybridized carbons (Fsp3) is 0.0714. The predicted molar refractivity (Wildman–Crippen MR) is 86.4 cm³/mol. The Labute approximate surface area is 139 Å². The Morgan fingerprint density at radius 2 is 1.73 bits per heavy atom. The van der Waals surface area contributed by atoms with Crippen LogP contribution in [0.2, 0.25) is 0 Å². The molecule has 1 heterocycles. The van der Waals surface area contributed by atoms with Crippen LogP contribution in [0.3, 0.4) is 0 Å². The molecule has 0 aliphatic heterocycles. The van der Waals surface area contributed by atoms with Crippen LogP contribution in [-0.4, -0.2) is 24.3 Å². The first kappa shape index (κ1) is 16.2. The molecule has 1 aromatic heterocycles. The number of rotatable bonds is 4. The van der Waals surface area contributed by atoms with Crippen LogP contribution in [0.4, 0.5) is 0 Å². The van der Waals surface area contributed by atoms with Crippen LogP contribution in [0.1, 0.15) is 20.0 Å². The Kier molecular flexibility index (Phi) is 5.68. The van der Waals surface area contributed by atoms with E-state index in [0.717, 1.165) is 4.47 Å². The molecule has 1 aromatic carbocycles. The highest BCUT2D eigenvalue weighted by Gasteiger charge is 2.10. The minimum Gasteiger partial charge on any atom is -0.343 e. The van der Waals surface area contributed by atoms with Crippen molar-refractivity contribution in [1.29, 1.82) is 0 Å². The highest BCUT2D eigenvalue weighted by atomic mass is 79.9. The lowest BCUT2D eigenvalue weighted by Gasteiger charge is -2.07. The van der Waals surface area contributed by atoms with Crippen LogP contribution in [-0.2, 0) is 4.79 Å². The number of nitrogens with one attached hydrogen (secondary N) is 3. The zero-order chi connectivity index (χ0) is 15.9. The Morgan fingerprint density at radius 1 is 1.00 bits per heavy atom. The van der Waals surface area contributed by atoms with Crippen molar-refractivity contribution in [3.05, 3.63) is 56.7 Å². The molecule has 8 heteroatoms. The van der Waals surface area contributed by atoms with Gasteiger partial charge >= 0.3 is 0 Å².